The van der Waals surface area contributed by atoms with Crippen molar-refractivity contribution in [3.05, 3.63) is 30.7 Å². The maximum atomic E-state index is 5.89. The normalized spacial score (nSPS) is 10.9. The van der Waals surface area contributed by atoms with E-state index in [1.807, 2.05) is 30.9 Å². The van der Waals surface area contributed by atoms with E-state index >= 15 is 0 Å². The summed E-state index contributed by atoms with van der Waals surface area (Å²) in [4.78, 5) is 8.86. The topological polar surface area (TPSA) is 87.4 Å². The Bertz CT molecular complexity index is 741. The van der Waals surface area contributed by atoms with Crippen LogP contribution in [-0.2, 0) is 13.6 Å². The predicted molar refractivity (Wildman–Crippen MR) is 75.5 cm³/mol. The molecule has 3 aromatic heterocycles. The minimum absolute atomic E-state index is 0.428. The van der Waals surface area contributed by atoms with Crippen LogP contribution in [0, 0.1) is 0 Å². The van der Waals surface area contributed by atoms with E-state index in [4.69, 9.17) is 5.73 Å². The molecule has 0 aliphatic carbocycles. The number of rotatable bonds is 3. The third kappa shape index (κ3) is 2.13. The van der Waals surface area contributed by atoms with Gasteiger partial charge >= 0.3 is 0 Å². The first-order valence-corrected chi connectivity index (χ1v) is 6.33. The highest BCUT2D eigenvalue weighted by molar-refractivity contribution is 5.64. The van der Waals surface area contributed by atoms with Gasteiger partial charge in [0.1, 0.15) is 11.5 Å². The highest BCUT2D eigenvalue weighted by atomic mass is 15.3. The van der Waals surface area contributed by atoms with Crippen molar-refractivity contribution in [1.82, 2.24) is 29.5 Å². The van der Waals surface area contributed by atoms with Gasteiger partial charge in [0.05, 0.1) is 11.9 Å². The van der Waals surface area contributed by atoms with Crippen LogP contribution in [0.2, 0.25) is 0 Å². The number of hydrogen-bond acceptors (Lipinski definition) is 5. The lowest BCUT2D eigenvalue weighted by Gasteiger charge is -2.06. The molecule has 3 rings (SSSR count). The number of hydrogen-bond donors (Lipinski definition) is 1. The van der Waals surface area contributed by atoms with Crippen LogP contribution in [0.15, 0.2) is 30.7 Å². The lowest BCUT2D eigenvalue weighted by atomic mass is 10.2. The van der Waals surface area contributed by atoms with Gasteiger partial charge < -0.3 is 5.73 Å². The predicted octanol–water partition coefficient (Wildman–Crippen LogP) is 1.34. The first-order valence-electron chi connectivity index (χ1n) is 6.33. The minimum atomic E-state index is 0.428. The molecular formula is C13H15N7. The zero-order chi connectivity index (χ0) is 14.1. The molecule has 0 saturated carbocycles. The molecule has 7 heteroatoms. The molecule has 2 N–H and O–H groups in total. The number of nitrogen functional groups attached to an aromatic ring is 1. The van der Waals surface area contributed by atoms with Gasteiger partial charge in [-0.15, -0.1) is 0 Å². The average Bonchev–Trinajstić information content (AvgIpc) is 3.06. The second-order valence-electron chi connectivity index (χ2n) is 4.44. The fourth-order valence-corrected chi connectivity index (χ4v) is 2.06. The van der Waals surface area contributed by atoms with Crippen molar-refractivity contribution in [2.24, 2.45) is 7.05 Å². The van der Waals surface area contributed by atoms with Gasteiger partial charge in [-0.25, -0.2) is 9.97 Å². The maximum Gasteiger partial charge on any atom is 0.180 e. The summed E-state index contributed by atoms with van der Waals surface area (Å²) >= 11 is 0. The zero-order valence-electron chi connectivity index (χ0n) is 11.4. The van der Waals surface area contributed by atoms with Crippen LogP contribution in [0.25, 0.3) is 22.8 Å². The number of anilines is 1. The second kappa shape index (κ2) is 4.76. The third-order valence-corrected chi connectivity index (χ3v) is 2.99. The first-order chi connectivity index (χ1) is 9.67. The minimum Gasteiger partial charge on any atom is -0.384 e. The van der Waals surface area contributed by atoms with E-state index in [0.717, 1.165) is 23.5 Å². The van der Waals surface area contributed by atoms with Gasteiger partial charge in [0.25, 0.3) is 0 Å². The Morgan fingerprint density at radius 1 is 1.25 bits per heavy atom. The summed E-state index contributed by atoms with van der Waals surface area (Å²) in [7, 11) is 1.86. The molecule has 7 nitrogen and oxygen atoms in total. The van der Waals surface area contributed by atoms with Crippen molar-refractivity contribution in [3.8, 4) is 22.8 Å². The van der Waals surface area contributed by atoms with Crippen LogP contribution in [-0.4, -0.2) is 29.5 Å². The van der Waals surface area contributed by atoms with Crippen LogP contribution >= 0.6 is 0 Å². The third-order valence-electron chi connectivity index (χ3n) is 2.99. The fraction of sp³-hybridized carbons (Fsp3) is 0.231. The van der Waals surface area contributed by atoms with E-state index in [1.54, 1.807) is 23.1 Å². The first kappa shape index (κ1) is 12.3. The van der Waals surface area contributed by atoms with Crippen molar-refractivity contribution >= 4 is 5.82 Å². The lowest BCUT2D eigenvalue weighted by Crippen LogP contribution is -2.04. The maximum absolute atomic E-state index is 5.89. The van der Waals surface area contributed by atoms with Gasteiger partial charge in [-0.1, -0.05) is 0 Å². The van der Waals surface area contributed by atoms with Gasteiger partial charge in [-0.2, -0.15) is 10.2 Å². The summed E-state index contributed by atoms with van der Waals surface area (Å²) in [6.45, 7) is 2.77. The smallest absolute Gasteiger partial charge is 0.180 e. The molecule has 0 atom stereocenters. The molecule has 3 aromatic rings. The van der Waals surface area contributed by atoms with Gasteiger partial charge in [0.2, 0.25) is 0 Å². The summed E-state index contributed by atoms with van der Waals surface area (Å²) in [5, 5.41) is 8.37. The Morgan fingerprint density at radius 3 is 2.80 bits per heavy atom. The van der Waals surface area contributed by atoms with Gasteiger partial charge in [-0.3, -0.25) is 9.36 Å². The van der Waals surface area contributed by atoms with Crippen LogP contribution in [0.4, 0.5) is 5.82 Å². The van der Waals surface area contributed by atoms with E-state index in [2.05, 4.69) is 20.2 Å². The van der Waals surface area contributed by atoms with Gasteiger partial charge in [-0.05, 0) is 13.0 Å². The number of aromatic nitrogens is 6. The number of aryl methyl sites for hydroxylation is 2. The van der Waals surface area contributed by atoms with Crippen molar-refractivity contribution in [2.75, 3.05) is 5.73 Å². The molecule has 0 aliphatic heterocycles. The molecule has 0 fully saturated rings. The Hall–Kier alpha value is -2.70. The summed E-state index contributed by atoms with van der Waals surface area (Å²) in [5.74, 6) is 1.00. The van der Waals surface area contributed by atoms with E-state index < -0.39 is 0 Å². The quantitative estimate of drug-likeness (QED) is 0.775. The standard InChI is InChI=1S/C13H15N7/c1-3-20-11(4-5-15-20)13-17-10(6-12(14)18-13)9-7-16-19(2)8-9/h4-8H,3H2,1-2H3,(H2,14,17,18). The Kier molecular flexibility index (Phi) is 2.94. The number of nitrogens with zero attached hydrogens (tertiary/aromatic N) is 6. The van der Waals surface area contributed by atoms with Crippen LogP contribution in [0.5, 0.6) is 0 Å². The SMILES string of the molecule is CCn1nccc1-c1nc(N)cc(-c2cnn(C)c2)n1. The van der Waals surface area contributed by atoms with Crippen molar-refractivity contribution in [2.45, 2.75) is 13.5 Å². The highest BCUT2D eigenvalue weighted by Gasteiger charge is 2.11. The summed E-state index contributed by atoms with van der Waals surface area (Å²) in [6, 6.07) is 3.62. The van der Waals surface area contributed by atoms with Gasteiger partial charge in [0.15, 0.2) is 5.82 Å². The molecule has 0 bridgehead atoms. The summed E-state index contributed by atoms with van der Waals surface area (Å²) < 4.78 is 3.56. The lowest BCUT2D eigenvalue weighted by molar-refractivity contribution is 0.664. The van der Waals surface area contributed by atoms with Crippen molar-refractivity contribution in [1.29, 1.82) is 0 Å². The molecule has 102 valence electrons. The monoisotopic (exact) mass is 269 g/mol. The van der Waals surface area contributed by atoms with Gasteiger partial charge in [0, 0.05) is 37.6 Å². The molecule has 3 heterocycles. The largest absolute Gasteiger partial charge is 0.384 e. The van der Waals surface area contributed by atoms with Crippen molar-refractivity contribution < 1.29 is 0 Å². The van der Waals surface area contributed by atoms with E-state index in [1.165, 1.54) is 0 Å². The summed E-state index contributed by atoms with van der Waals surface area (Å²) in [6.07, 6.45) is 5.38. The van der Waals surface area contributed by atoms with E-state index in [-0.39, 0.29) is 0 Å². The molecule has 0 aliphatic rings. The molecular weight excluding hydrogens is 254 g/mol. The zero-order valence-corrected chi connectivity index (χ0v) is 11.4. The molecule has 0 amide bonds. The molecule has 0 spiro atoms. The van der Waals surface area contributed by atoms with Crippen molar-refractivity contribution in [3.63, 3.8) is 0 Å². The highest BCUT2D eigenvalue weighted by Crippen LogP contribution is 2.22. The second-order valence-corrected chi connectivity index (χ2v) is 4.44. The molecule has 0 aromatic carbocycles. The fourth-order valence-electron chi connectivity index (χ4n) is 2.06. The van der Waals surface area contributed by atoms with Crippen LogP contribution in [0.1, 0.15) is 6.92 Å². The molecule has 0 radical (unpaired) electrons. The average molecular weight is 269 g/mol. The van der Waals surface area contributed by atoms with E-state index in [0.29, 0.717) is 11.6 Å². The van der Waals surface area contributed by atoms with Crippen LogP contribution in [0.3, 0.4) is 0 Å². The summed E-state index contributed by atoms with van der Waals surface area (Å²) in [5.41, 5.74) is 8.41. The Balaban J connectivity index is 2.12. The Morgan fingerprint density at radius 2 is 2.10 bits per heavy atom. The number of nitrogens with two attached hydrogens (primary N) is 1. The molecule has 0 unspecified atom stereocenters. The molecule has 0 saturated heterocycles. The Labute approximate surface area is 116 Å². The van der Waals surface area contributed by atoms with Crippen LogP contribution < -0.4 is 5.73 Å². The van der Waals surface area contributed by atoms with E-state index in [9.17, 15) is 0 Å². The molecule has 20 heavy (non-hydrogen) atoms.